The molecule has 1 radical (unpaired) electrons. The van der Waals surface area contributed by atoms with Crippen LogP contribution in [0.3, 0.4) is 0 Å². The number of rotatable bonds is 0. The Morgan fingerprint density at radius 1 is 1.38 bits per heavy atom. The normalized spacial score (nSPS) is 16.8. The SMILES string of the molecule is ClC1=C(Cl)CC=C1.[Nb]. The van der Waals surface area contributed by atoms with E-state index in [1.165, 1.54) is 0 Å². The van der Waals surface area contributed by atoms with E-state index in [4.69, 9.17) is 23.2 Å². The van der Waals surface area contributed by atoms with Crippen LogP contribution in [0.1, 0.15) is 6.42 Å². The molecular formula is C5H4Cl2Nb. The molecule has 1 aliphatic rings. The maximum atomic E-state index is 5.55. The number of hydrogen-bond acceptors (Lipinski definition) is 0. The molecule has 1 rings (SSSR count). The van der Waals surface area contributed by atoms with Crippen molar-refractivity contribution in [2.75, 3.05) is 0 Å². The van der Waals surface area contributed by atoms with E-state index in [-0.39, 0.29) is 22.4 Å². The first kappa shape index (κ1) is 8.80. The van der Waals surface area contributed by atoms with Gasteiger partial charge in [0.2, 0.25) is 0 Å². The maximum Gasteiger partial charge on any atom is 0.0551 e. The second kappa shape index (κ2) is 3.76. The minimum Gasteiger partial charge on any atom is -0.0872 e. The van der Waals surface area contributed by atoms with Crippen molar-refractivity contribution < 1.29 is 22.4 Å². The van der Waals surface area contributed by atoms with Gasteiger partial charge in [0.25, 0.3) is 0 Å². The molecule has 3 heteroatoms. The molecule has 0 aromatic heterocycles. The largest absolute Gasteiger partial charge is 0.0872 e. The predicted octanol–water partition coefficient (Wildman–Crippen LogP) is 2.63. The molecule has 0 aromatic rings. The molecule has 0 bridgehead atoms. The Balaban J connectivity index is 0.000000490. The van der Waals surface area contributed by atoms with Gasteiger partial charge in [-0.15, -0.1) is 0 Å². The molecule has 0 saturated heterocycles. The number of halogens is 2. The van der Waals surface area contributed by atoms with E-state index in [0.717, 1.165) is 11.5 Å². The molecule has 0 unspecified atom stereocenters. The van der Waals surface area contributed by atoms with Crippen molar-refractivity contribution >= 4 is 23.2 Å². The summed E-state index contributed by atoms with van der Waals surface area (Å²) in [6.07, 6.45) is 4.55. The van der Waals surface area contributed by atoms with E-state index in [9.17, 15) is 0 Å². The first-order valence-electron chi connectivity index (χ1n) is 2.01. The Hall–Kier alpha value is 0.800. The summed E-state index contributed by atoms with van der Waals surface area (Å²) in [5, 5.41) is 1.43. The summed E-state index contributed by atoms with van der Waals surface area (Å²) >= 11 is 11.1. The number of hydrogen-bond donors (Lipinski definition) is 0. The van der Waals surface area contributed by atoms with Gasteiger partial charge in [0.05, 0.1) is 5.03 Å². The van der Waals surface area contributed by atoms with Crippen molar-refractivity contribution in [2.24, 2.45) is 0 Å². The van der Waals surface area contributed by atoms with Crippen LogP contribution in [0.4, 0.5) is 0 Å². The third-order valence-electron chi connectivity index (χ3n) is 0.820. The van der Waals surface area contributed by atoms with Crippen LogP contribution >= 0.6 is 23.2 Å². The molecular weight excluding hydrogens is 224 g/mol. The fourth-order valence-corrected chi connectivity index (χ4v) is 0.772. The van der Waals surface area contributed by atoms with Gasteiger partial charge in [0.1, 0.15) is 0 Å². The molecule has 43 valence electrons. The topological polar surface area (TPSA) is 0 Å². The summed E-state index contributed by atoms with van der Waals surface area (Å²) in [7, 11) is 0. The standard InChI is InChI=1S/C5H4Cl2.Nb/c6-4-2-1-3-5(4)7;/h1-2H,3H2;. The van der Waals surface area contributed by atoms with Gasteiger partial charge in [0.15, 0.2) is 0 Å². The summed E-state index contributed by atoms with van der Waals surface area (Å²) in [6, 6.07) is 0. The van der Waals surface area contributed by atoms with Crippen LogP contribution in [0, 0.1) is 0 Å². The van der Waals surface area contributed by atoms with Crippen LogP contribution in [-0.4, -0.2) is 0 Å². The van der Waals surface area contributed by atoms with Gasteiger partial charge in [-0.2, -0.15) is 0 Å². The monoisotopic (exact) mass is 227 g/mol. The second-order valence-electron chi connectivity index (χ2n) is 1.36. The van der Waals surface area contributed by atoms with E-state index < -0.39 is 0 Å². The molecule has 0 aliphatic heterocycles. The third-order valence-corrected chi connectivity index (χ3v) is 1.63. The molecule has 0 aromatic carbocycles. The fourth-order valence-electron chi connectivity index (χ4n) is 0.454. The molecule has 0 N–H and O–H groups in total. The molecule has 0 saturated carbocycles. The first-order chi connectivity index (χ1) is 3.30. The van der Waals surface area contributed by atoms with Crippen molar-refractivity contribution in [3.63, 3.8) is 0 Å². The van der Waals surface area contributed by atoms with Crippen LogP contribution in [0.15, 0.2) is 22.2 Å². The van der Waals surface area contributed by atoms with Gasteiger partial charge in [-0.05, 0) is 6.08 Å². The van der Waals surface area contributed by atoms with E-state index in [1.807, 2.05) is 12.2 Å². The van der Waals surface area contributed by atoms with Gasteiger partial charge < -0.3 is 0 Å². The van der Waals surface area contributed by atoms with E-state index in [2.05, 4.69) is 0 Å². The quantitative estimate of drug-likeness (QED) is 0.559. The summed E-state index contributed by atoms with van der Waals surface area (Å²) in [6.45, 7) is 0. The Kier molecular flexibility index (Phi) is 4.13. The molecule has 0 spiro atoms. The van der Waals surface area contributed by atoms with Crippen LogP contribution < -0.4 is 0 Å². The zero-order chi connectivity index (χ0) is 5.28. The molecule has 0 amide bonds. The summed E-state index contributed by atoms with van der Waals surface area (Å²) < 4.78 is 0. The van der Waals surface area contributed by atoms with Crippen LogP contribution in [0.25, 0.3) is 0 Å². The molecule has 1 aliphatic carbocycles. The maximum absolute atomic E-state index is 5.55. The molecule has 8 heavy (non-hydrogen) atoms. The average molecular weight is 228 g/mol. The van der Waals surface area contributed by atoms with Gasteiger partial charge in [-0.25, -0.2) is 0 Å². The van der Waals surface area contributed by atoms with Gasteiger partial charge >= 0.3 is 0 Å². The van der Waals surface area contributed by atoms with Crippen LogP contribution in [0.5, 0.6) is 0 Å². The van der Waals surface area contributed by atoms with Gasteiger partial charge in [0, 0.05) is 33.8 Å². The second-order valence-corrected chi connectivity index (χ2v) is 2.22. The van der Waals surface area contributed by atoms with Crippen molar-refractivity contribution in [3.05, 3.63) is 22.2 Å². The minimum atomic E-state index is 0. The Labute approximate surface area is 74.1 Å². The smallest absolute Gasteiger partial charge is 0.0551 e. The van der Waals surface area contributed by atoms with Gasteiger partial charge in [-0.3, -0.25) is 0 Å². The summed E-state index contributed by atoms with van der Waals surface area (Å²) in [5.41, 5.74) is 0. The van der Waals surface area contributed by atoms with E-state index in [0.29, 0.717) is 5.03 Å². The number of allylic oxidation sites excluding steroid dienone is 4. The Morgan fingerprint density at radius 2 is 2.00 bits per heavy atom. The Morgan fingerprint density at radius 3 is 2.12 bits per heavy atom. The molecule has 0 nitrogen and oxygen atoms in total. The first-order valence-corrected chi connectivity index (χ1v) is 2.77. The Bertz CT molecular complexity index is 137. The average Bonchev–Trinajstić information content (AvgIpc) is 1.91. The summed E-state index contributed by atoms with van der Waals surface area (Å²) in [4.78, 5) is 0. The van der Waals surface area contributed by atoms with E-state index >= 15 is 0 Å². The third kappa shape index (κ3) is 1.96. The molecule has 0 fully saturated rings. The van der Waals surface area contributed by atoms with Gasteiger partial charge in [-0.1, -0.05) is 29.3 Å². The van der Waals surface area contributed by atoms with Crippen LogP contribution in [-0.2, 0) is 22.4 Å². The molecule has 0 heterocycles. The zero-order valence-corrected chi connectivity index (χ0v) is 7.78. The zero-order valence-electron chi connectivity index (χ0n) is 4.06. The van der Waals surface area contributed by atoms with Crippen molar-refractivity contribution in [1.29, 1.82) is 0 Å². The van der Waals surface area contributed by atoms with E-state index in [1.54, 1.807) is 0 Å². The van der Waals surface area contributed by atoms with Crippen molar-refractivity contribution in [3.8, 4) is 0 Å². The minimum absolute atomic E-state index is 0. The molecule has 0 atom stereocenters. The summed E-state index contributed by atoms with van der Waals surface area (Å²) in [5.74, 6) is 0. The van der Waals surface area contributed by atoms with Crippen molar-refractivity contribution in [1.82, 2.24) is 0 Å². The fraction of sp³-hybridized carbons (Fsp3) is 0.200. The van der Waals surface area contributed by atoms with Crippen LogP contribution in [0.2, 0.25) is 0 Å². The van der Waals surface area contributed by atoms with Crippen molar-refractivity contribution in [2.45, 2.75) is 6.42 Å². The predicted molar refractivity (Wildman–Crippen MR) is 32.5 cm³/mol.